The second-order valence-electron chi connectivity index (χ2n) is 7.93. The van der Waals surface area contributed by atoms with E-state index >= 15 is 0 Å². The molecule has 1 aliphatic carbocycles. The summed E-state index contributed by atoms with van der Waals surface area (Å²) in [5, 5.41) is 7.78. The summed E-state index contributed by atoms with van der Waals surface area (Å²) in [4.78, 5) is 13.6. The summed E-state index contributed by atoms with van der Waals surface area (Å²) in [5.74, 6) is 0.987. The largest absolute Gasteiger partial charge is 0.496 e. The molecule has 0 amide bonds. The van der Waals surface area contributed by atoms with E-state index in [1.807, 2.05) is 66.7 Å². The second kappa shape index (κ2) is 8.12. The normalized spacial score (nSPS) is 20.1. The highest BCUT2D eigenvalue weighted by atomic mass is 35.5. The maximum absolute atomic E-state index is 13.6. The number of carbonyl (C=O) groups is 1. The fourth-order valence-corrected chi connectivity index (χ4v) is 4.90. The summed E-state index contributed by atoms with van der Waals surface area (Å²) in [6.07, 6.45) is 1.15. The number of methoxy groups -OCH3 is 1. The summed E-state index contributed by atoms with van der Waals surface area (Å²) in [7, 11) is 1.67. The molecule has 156 valence electrons. The molecular formula is C26H23ClN2O2. The van der Waals surface area contributed by atoms with E-state index in [4.69, 9.17) is 16.3 Å². The average Bonchev–Trinajstić information content (AvgIpc) is 2.96. The molecule has 2 unspecified atom stereocenters. The van der Waals surface area contributed by atoms with Crippen LogP contribution < -0.4 is 15.4 Å². The molecular weight excluding hydrogens is 408 g/mol. The van der Waals surface area contributed by atoms with Crippen molar-refractivity contribution in [2.24, 2.45) is 0 Å². The zero-order valence-corrected chi connectivity index (χ0v) is 17.9. The Morgan fingerprint density at radius 3 is 2.32 bits per heavy atom. The maximum Gasteiger partial charge on any atom is 0.163 e. The lowest BCUT2D eigenvalue weighted by molar-refractivity contribution is -0.116. The van der Waals surface area contributed by atoms with Crippen molar-refractivity contribution in [2.45, 2.75) is 24.8 Å². The van der Waals surface area contributed by atoms with Gasteiger partial charge in [0.1, 0.15) is 5.75 Å². The summed E-state index contributed by atoms with van der Waals surface area (Å²) < 4.78 is 5.58. The minimum Gasteiger partial charge on any atom is -0.496 e. The molecule has 0 saturated carbocycles. The van der Waals surface area contributed by atoms with Crippen molar-refractivity contribution in [3.63, 3.8) is 0 Å². The van der Waals surface area contributed by atoms with E-state index in [0.717, 1.165) is 45.9 Å². The fraction of sp³-hybridized carbons (Fsp3) is 0.192. The van der Waals surface area contributed by atoms with Gasteiger partial charge < -0.3 is 15.4 Å². The number of nitrogens with one attached hydrogen (secondary N) is 2. The van der Waals surface area contributed by atoms with Crippen molar-refractivity contribution in [1.82, 2.24) is 0 Å². The van der Waals surface area contributed by atoms with Crippen molar-refractivity contribution in [2.75, 3.05) is 17.7 Å². The zero-order valence-electron chi connectivity index (χ0n) is 17.2. The molecule has 0 spiro atoms. The number of hydrogen-bond acceptors (Lipinski definition) is 4. The van der Waals surface area contributed by atoms with Crippen molar-refractivity contribution >= 4 is 28.8 Å². The molecule has 2 atom stereocenters. The van der Waals surface area contributed by atoms with E-state index in [-0.39, 0.29) is 17.7 Å². The van der Waals surface area contributed by atoms with Crippen LogP contribution in [-0.4, -0.2) is 12.9 Å². The Balaban J connectivity index is 1.63. The summed E-state index contributed by atoms with van der Waals surface area (Å²) in [5.41, 5.74) is 5.57. The van der Waals surface area contributed by atoms with Crippen LogP contribution in [0, 0.1) is 0 Å². The molecule has 0 radical (unpaired) electrons. The molecule has 5 rings (SSSR count). The van der Waals surface area contributed by atoms with Crippen LogP contribution in [-0.2, 0) is 4.79 Å². The minimum absolute atomic E-state index is 0.0482. The van der Waals surface area contributed by atoms with E-state index in [9.17, 15) is 4.79 Å². The molecule has 31 heavy (non-hydrogen) atoms. The van der Waals surface area contributed by atoms with Gasteiger partial charge in [0.05, 0.1) is 24.5 Å². The number of ketones is 1. The van der Waals surface area contributed by atoms with Gasteiger partial charge in [-0.1, -0.05) is 60.1 Å². The molecule has 5 heteroatoms. The smallest absolute Gasteiger partial charge is 0.163 e. The Hall–Kier alpha value is -3.24. The molecule has 4 nitrogen and oxygen atoms in total. The van der Waals surface area contributed by atoms with Gasteiger partial charge >= 0.3 is 0 Å². The summed E-state index contributed by atoms with van der Waals surface area (Å²) in [6, 6.07) is 23.4. The Morgan fingerprint density at radius 2 is 1.55 bits per heavy atom. The van der Waals surface area contributed by atoms with Crippen molar-refractivity contribution < 1.29 is 9.53 Å². The molecule has 1 aliphatic heterocycles. The van der Waals surface area contributed by atoms with Gasteiger partial charge in [-0.05, 0) is 41.8 Å². The number of halogens is 1. The lowest BCUT2D eigenvalue weighted by Crippen LogP contribution is -2.27. The molecule has 3 aromatic rings. The van der Waals surface area contributed by atoms with Crippen LogP contribution in [0.15, 0.2) is 84.1 Å². The van der Waals surface area contributed by atoms with E-state index in [0.29, 0.717) is 11.4 Å². The number of fused-ring (bicyclic) bond motifs is 1. The maximum atomic E-state index is 13.6. The number of allylic oxidation sites excluding steroid dienone is 1. The SMILES string of the molecule is COc1ccccc1C1CC(=O)C2=C(C1)Nc1ccccc1NC2c1ccccc1Cl. The van der Waals surface area contributed by atoms with Crippen LogP contribution in [0.2, 0.25) is 5.02 Å². The monoisotopic (exact) mass is 430 g/mol. The van der Waals surface area contributed by atoms with Gasteiger partial charge in [0.2, 0.25) is 0 Å². The third kappa shape index (κ3) is 3.57. The Labute approximate surface area is 186 Å². The topological polar surface area (TPSA) is 50.4 Å². The standard InChI is InChI=1S/C26H23ClN2O2/c1-31-24-13-7-3-8-17(24)16-14-22-25(23(30)15-16)26(18-9-2-4-10-19(18)27)29-21-12-6-5-11-20(21)28-22/h2-13,16,26,28-29H,14-15H2,1H3. The number of para-hydroxylation sites is 3. The van der Waals surface area contributed by atoms with Crippen molar-refractivity contribution in [3.05, 3.63) is 100 Å². The molecule has 1 heterocycles. The fourth-order valence-electron chi connectivity index (χ4n) is 4.66. The minimum atomic E-state index is -0.314. The van der Waals surface area contributed by atoms with Gasteiger partial charge in [0, 0.05) is 28.6 Å². The first-order valence-corrected chi connectivity index (χ1v) is 10.8. The number of Topliss-reactive ketones (excluding diaryl/α,β-unsaturated/α-hetero) is 1. The van der Waals surface area contributed by atoms with E-state index in [1.165, 1.54) is 0 Å². The number of ether oxygens (including phenoxy) is 1. The van der Waals surface area contributed by atoms with Crippen LogP contribution in [0.3, 0.4) is 0 Å². The molecule has 0 aromatic heterocycles. The Kier molecular flexibility index (Phi) is 5.16. The summed E-state index contributed by atoms with van der Waals surface area (Å²) in [6.45, 7) is 0. The Bertz CT molecular complexity index is 1190. The van der Waals surface area contributed by atoms with Gasteiger partial charge in [-0.3, -0.25) is 4.79 Å². The van der Waals surface area contributed by atoms with E-state index in [2.05, 4.69) is 16.7 Å². The number of benzene rings is 3. The van der Waals surface area contributed by atoms with Gasteiger partial charge in [-0.15, -0.1) is 0 Å². The lowest BCUT2D eigenvalue weighted by atomic mass is 9.78. The van der Waals surface area contributed by atoms with Crippen LogP contribution in [0.1, 0.15) is 35.9 Å². The third-order valence-corrected chi connectivity index (χ3v) is 6.45. The van der Waals surface area contributed by atoms with Gasteiger partial charge in [0.15, 0.2) is 5.78 Å². The van der Waals surface area contributed by atoms with Crippen LogP contribution >= 0.6 is 11.6 Å². The predicted molar refractivity (Wildman–Crippen MR) is 125 cm³/mol. The molecule has 2 aliphatic rings. The first-order chi connectivity index (χ1) is 15.2. The van der Waals surface area contributed by atoms with Crippen molar-refractivity contribution in [3.8, 4) is 5.75 Å². The number of rotatable bonds is 3. The van der Waals surface area contributed by atoms with Gasteiger partial charge in [0.25, 0.3) is 0 Å². The van der Waals surface area contributed by atoms with E-state index < -0.39 is 0 Å². The van der Waals surface area contributed by atoms with Crippen LogP contribution in [0.4, 0.5) is 11.4 Å². The van der Waals surface area contributed by atoms with Gasteiger partial charge in [-0.2, -0.15) is 0 Å². The Morgan fingerprint density at radius 1 is 0.871 bits per heavy atom. The van der Waals surface area contributed by atoms with Crippen LogP contribution in [0.25, 0.3) is 0 Å². The molecule has 3 aromatic carbocycles. The van der Waals surface area contributed by atoms with Crippen molar-refractivity contribution in [1.29, 1.82) is 0 Å². The molecule has 0 fully saturated rings. The second-order valence-corrected chi connectivity index (χ2v) is 8.34. The molecule has 0 saturated heterocycles. The zero-order chi connectivity index (χ0) is 21.4. The summed E-state index contributed by atoms with van der Waals surface area (Å²) >= 11 is 6.57. The first kappa shape index (κ1) is 19.7. The highest BCUT2D eigenvalue weighted by Crippen LogP contribution is 2.46. The molecule has 2 N–H and O–H groups in total. The average molecular weight is 431 g/mol. The van der Waals surface area contributed by atoms with Crippen LogP contribution in [0.5, 0.6) is 5.75 Å². The van der Waals surface area contributed by atoms with E-state index in [1.54, 1.807) is 7.11 Å². The number of hydrogen-bond donors (Lipinski definition) is 2. The number of anilines is 2. The van der Waals surface area contributed by atoms with Gasteiger partial charge in [-0.25, -0.2) is 0 Å². The predicted octanol–water partition coefficient (Wildman–Crippen LogP) is 6.33. The number of carbonyl (C=O) groups excluding carboxylic acids is 1. The highest BCUT2D eigenvalue weighted by Gasteiger charge is 2.37. The molecule has 0 bridgehead atoms. The first-order valence-electron chi connectivity index (χ1n) is 10.4. The highest BCUT2D eigenvalue weighted by molar-refractivity contribution is 6.31. The lowest BCUT2D eigenvalue weighted by Gasteiger charge is -2.30. The third-order valence-electron chi connectivity index (χ3n) is 6.10. The quantitative estimate of drug-likeness (QED) is 0.509.